The molecule has 10 heteroatoms. The van der Waals surface area contributed by atoms with Gasteiger partial charge in [-0.2, -0.15) is 4.31 Å². The number of aryl methyl sites for hydroxylation is 1. The van der Waals surface area contributed by atoms with E-state index in [1.165, 1.54) is 5.57 Å². The van der Waals surface area contributed by atoms with Crippen LogP contribution < -0.4 is 9.64 Å². The van der Waals surface area contributed by atoms with Gasteiger partial charge in [-0.05, 0) is 48.6 Å². The predicted molar refractivity (Wildman–Crippen MR) is 140 cm³/mol. The van der Waals surface area contributed by atoms with E-state index in [-0.39, 0.29) is 11.9 Å². The smallest absolute Gasteiger partial charge is 0.274 e. The third-order valence-electron chi connectivity index (χ3n) is 6.53. The summed E-state index contributed by atoms with van der Waals surface area (Å²) >= 11 is 1.57. The van der Waals surface area contributed by atoms with Crippen LogP contribution >= 0.6 is 11.3 Å². The van der Waals surface area contributed by atoms with Crippen LogP contribution in [0.4, 0.5) is 5.95 Å². The minimum Gasteiger partial charge on any atom is -0.467 e. The second-order valence-corrected chi connectivity index (χ2v) is 12.3. The van der Waals surface area contributed by atoms with Gasteiger partial charge in [-0.25, -0.2) is 23.4 Å². The summed E-state index contributed by atoms with van der Waals surface area (Å²) in [5.41, 5.74) is 4.32. The Morgan fingerprint density at radius 1 is 1.14 bits per heavy atom. The molecule has 0 bridgehead atoms. The summed E-state index contributed by atoms with van der Waals surface area (Å²) in [6, 6.07) is 6.26. The van der Waals surface area contributed by atoms with E-state index in [4.69, 9.17) is 9.72 Å². The Morgan fingerprint density at radius 2 is 1.91 bits per heavy atom. The molecular weight excluding hydrogens is 482 g/mol. The van der Waals surface area contributed by atoms with Gasteiger partial charge in [-0.3, -0.25) is 0 Å². The molecule has 3 aromatic rings. The average molecular weight is 514 g/mol. The van der Waals surface area contributed by atoms with Crippen molar-refractivity contribution in [3.8, 4) is 5.19 Å². The van der Waals surface area contributed by atoms with Gasteiger partial charge in [0.1, 0.15) is 6.10 Å². The maximum absolute atomic E-state index is 12.3. The molecule has 1 aromatic carbocycles. The second kappa shape index (κ2) is 10.2. The van der Waals surface area contributed by atoms with Crippen molar-refractivity contribution < 1.29 is 13.2 Å². The molecule has 1 fully saturated rings. The lowest BCUT2D eigenvalue weighted by Gasteiger charge is -2.31. The largest absolute Gasteiger partial charge is 0.467 e. The molecule has 0 radical (unpaired) electrons. The van der Waals surface area contributed by atoms with E-state index in [2.05, 4.69) is 27.0 Å². The van der Waals surface area contributed by atoms with Crippen molar-refractivity contribution in [2.45, 2.75) is 45.6 Å². The first-order valence-electron chi connectivity index (χ1n) is 12.2. The molecule has 0 amide bonds. The van der Waals surface area contributed by atoms with Crippen molar-refractivity contribution in [2.75, 3.05) is 36.8 Å². The molecule has 2 aromatic heterocycles. The highest BCUT2D eigenvalue weighted by Gasteiger charge is 2.25. The van der Waals surface area contributed by atoms with Crippen LogP contribution in [0.3, 0.4) is 0 Å². The number of hydrogen-bond acceptors (Lipinski definition) is 8. The molecule has 186 valence electrons. The van der Waals surface area contributed by atoms with Gasteiger partial charge in [0, 0.05) is 51.4 Å². The van der Waals surface area contributed by atoms with Crippen LogP contribution in [0.5, 0.6) is 5.19 Å². The second-order valence-electron chi connectivity index (χ2n) is 9.18. The van der Waals surface area contributed by atoms with E-state index in [0.717, 1.165) is 59.6 Å². The number of piperidine rings is 1. The third kappa shape index (κ3) is 5.49. The average Bonchev–Trinajstić information content (AvgIpc) is 3.26. The number of nitrogens with zero attached hydrogens (tertiary/aromatic N) is 5. The standard InChI is InChI=1S/C25H31N5O3S2/c1-3-14-35(31,32)30-12-6-19(7-13-30)20-4-5-22-23(15-20)34-25(28-22)33-21-8-10-29(11-9-21)24-26-16-18(2)17-27-24/h4-6,15-17,21H,3,7-14H2,1-2H3. The number of sulfonamides is 1. The van der Waals surface area contributed by atoms with Gasteiger partial charge in [-0.15, -0.1) is 0 Å². The first kappa shape index (κ1) is 24.1. The Labute approximate surface area is 210 Å². The summed E-state index contributed by atoms with van der Waals surface area (Å²) < 4.78 is 33.6. The lowest BCUT2D eigenvalue weighted by atomic mass is 10.0. The van der Waals surface area contributed by atoms with Gasteiger partial charge in [0.2, 0.25) is 16.0 Å². The van der Waals surface area contributed by atoms with Crippen molar-refractivity contribution >= 4 is 43.1 Å². The molecule has 1 saturated heterocycles. The quantitative estimate of drug-likeness (QED) is 0.466. The van der Waals surface area contributed by atoms with Crippen LogP contribution in [0.15, 0.2) is 36.7 Å². The Bertz CT molecular complexity index is 1310. The van der Waals surface area contributed by atoms with Gasteiger partial charge >= 0.3 is 0 Å². The summed E-state index contributed by atoms with van der Waals surface area (Å²) in [4.78, 5) is 15.8. The number of aromatic nitrogens is 3. The highest BCUT2D eigenvalue weighted by atomic mass is 32.2. The fourth-order valence-corrected chi connectivity index (χ4v) is 6.94. The normalized spacial score (nSPS) is 18.1. The number of fused-ring (bicyclic) bond motifs is 1. The Morgan fingerprint density at radius 3 is 2.60 bits per heavy atom. The molecule has 0 unspecified atom stereocenters. The van der Waals surface area contributed by atoms with Crippen LogP contribution in [-0.4, -0.2) is 65.7 Å². The Kier molecular flexibility index (Phi) is 7.04. The Hall–Kier alpha value is -2.56. The zero-order valence-electron chi connectivity index (χ0n) is 20.2. The number of benzene rings is 1. The van der Waals surface area contributed by atoms with E-state index in [0.29, 0.717) is 24.7 Å². The molecule has 5 rings (SSSR count). The first-order chi connectivity index (χ1) is 16.9. The minimum atomic E-state index is -3.15. The molecule has 4 heterocycles. The van der Waals surface area contributed by atoms with Gasteiger partial charge in [0.15, 0.2) is 0 Å². The zero-order valence-corrected chi connectivity index (χ0v) is 21.8. The molecule has 2 aliphatic rings. The lowest BCUT2D eigenvalue weighted by Crippen LogP contribution is -2.39. The van der Waals surface area contributed by atoms with Gasteiger partial charge < -0.3 is 9.64 Å². The monoisotopic (exact) mass is 513 g/mol. The molecule has 0 saturated carbocycles. The number of hydrogen-bond donors (Lipinski definition) is 0. The summed E-state index contributed by atoms with van der Waals surface area (Å²) in [6.45, 7) is 6.60. The summed E-state index contributed by atoms with van der Waals surface area (Å²) in [5, 5.41) is 0.705. The maximum atomic E-state index is 12.3. The van der Waals surface area contributed by atoms with E-state index in [1.54, 1.807) is 15.6 Å². The third-order valence-corrected chi connectivity index (χ3v) is 9.48. The highest BCUT2D eigenvalue weighted by molar-refractivity contribution is 7.89. The van der Waals surface area contributed by atoms with Crippen molar-refractivity contribution in [1.82, 2.24) is 19.3 Å². The highest BCUT2D eigenvalue weighted by Crippen LogP contribution is 2.33. The zero-order chi connectivity index (χ0) is 24.4. The molecule has 0 spiro atoms. The van der Waals surface area contributed by atoms with Crippen molar-refractivity contribution in [2.24, 2.45) is 0 Å². The lowest BCUT2D eigenvalue weighted by molar-refractivity contribution is 0.170. The molecule has 0 N–H and O–H groups in total. The predicted octanol–water partition coefficient (Wildman–Crippen LogP) is 4.27. The van der Waals surface area contributed by atoms with Crippen LogP contribution in [0.2, 0.25) is 0 Å². The number of rotatable bonds is 7. The summed E-state index contributed by atoms with van der Waals surface area (Å²) in [6.07, 6.45) is 9.06. The molecule has 2 aliphatic heterocycles. The van der Waals surface area contributed by atoms with E-state index < -0.39 is 10.0 Å². The van der Waals surface area contributed by atoms with E-state index >= 15 is 0 Å². The topological polar surface area (TPSA) is 88.5 Å². The van der Waals surface area contributed by atoms with Gasteiger partial charge in [0.05, 0.1) is 16.0 Å². The molecular formula is C25H31N5O3S2. The van der Waals surface area contributed by atoms with Gasteiger partial charge in [-0.1, -0.05) is 30.4 Å². The van der Waals surface area contributed by atoms with Crippen LogP contribution in [0.1, 0.15) is 43.7 Å². The minimum absolute atomic E-state index is 0.133. The van der Waals surface area contributed by atoms with Crippen LogP contribution in [0.25, 0.3) is 15.8 Å². The number of anilines is 1. The molecule has 35 heavy (non-hydrogen) atoms. The van der Waals surface area contributed by atoms with Crippen LogP contribution in [0, 0.1) is 6.92 Å². The summed E-state index contributed by atoms with van der Waals surface area (Å²) in [5.74, 6) is 0.995. The molecule has 0 atom stereocenters. The van der Waals surface area contributed by atoms with Crippen molar-refractivity contribution in [1.29, 1.82) is 0 Å². The fourth-order valence-electron chi connectivity index (χ4n) is 4.57. The molecule has 8 nitrogen and oxygen atoms in total. The first-order valence-corrected chi connectivity index (χ1v) is 14.6. The van der Waals surface area contributed by atoms with E-state index in [1.807, 2.05) is 38.4 Å². The van der Waals surface area contributed by atoms with Gasteiger partial charge in [0.25, 0.3) is 5.19 Å². The Balaban J connectivity index is 1.21. The molecule has 0 aliphatic carbocycles. The van der Waals surface area contributed by atoms with Crippen molar-refractivity contribution in [3.05, 3.63) is 47.8 Å². The van der Waals surface area contributed by atoms with Crippen LogP contribution in [-0.2, 0) is 10.0 Å². The summed E-state index contributed by atoms with van der Waals surface area (Å²) in [7, 11) is -3.15. The fraction of sp³-hybridized carbons (Fsp3) is 0.480. The van der Waals surface area contributed by atoms with Crippen molar-refractivity contribution in [3.63, 3.8) is 0 Å². The maximum Gasteiger partial charge on any atom is 0.274 e. The SMILES string of the molecule is CCCS(=O)(=O)N1CC=C(c2ccc3nc(OC4CCN(c5ncc(C)cn5)CC4)sc3c2)CC1. The number of ether oxygens (including phenoxy) is 1. The van der Waals surface area contributed by atoms with E-state index in [9.17, 15) is 8.42 Å². The number of thiazole rings is 1.